The molecular weight excluding hydrogens is 368 g/mol. The van der Waals surface area contributed by atoms with Crippen molar-refractivity contribution in [2.45, 2.75) is 13.2 Å². The van der Waals surface area contributed by atoms with E-state index in [1.807, 2.05) is 0 Å². The van der Waals surface area contributed by atoms with Gasteiger partial charge in [-0.2, -0.15) is 40.6 Å². The van der Waals surface area contributed by atoms with Gasteiger partial charge in [-0.1, -0.05) is 0 Å². The quantitative estimate of drug-likeness (QED) is 0.640. The summed E-state index contributed by atoms with van der Waals surface area (Å²) >= 11 is 0. The van der Waals surface area contributed by atoms with Crippen molar-refractivity contribution < 1.29 is 35.5 Å². The Morgan fingerprint density at radius 3 is 2.08 bits per heavy atom. The zero-order valence-corrected chi connectivity index (χ0v) is 11.8. The van der Waals surface area contributed by atoms with Gasteiger partial charge in [0.1, 0.15) is 6.33 Å². The summed E-state index contributed by atoms with van der Waals surface area (Å²) in [6.45, 7) is -6.70. The monoisotopic (exact) mass is 372 g/mol. The number of hydrogen-bond acceptors (Lipinski definition) is 9. The van der Waals surface area contributed by atoms with Crippen molar-refractivity contribution in [1.82, 2.24) is 24.4 Å². The molecule has 0 saturated heterocycles. The van der Waals surface area contributed by atoms with E-state index in [4.69, 9.17) is 0 Å². The zero-order valence-electron chi connectivity index (χ0n) is 11.0. The first-order valence-corrected chi connectivity index (χ1v) is 6.56. The molecule has 0 N–H and O–H groups in total. The number of ether oxygens (including phenoxy) is 2. The Morgan fingerprint density at radius 1 is 1.08 bits per heavy atom. The molecule has 24 heavy (non-hydrogen) atoms. The van der Waals surface area contributed by atoms with Crippen LogP contribution >= 0.6 is 0 Å². The number of aromatic nitrogens is 5. The number of halogens is 4. The Hall–Kier alpha value is -3.04. The standard InChI is InChI=1S/C8H4F4N6O5S/c9-5(10)22-3-1-4(23-6(11)12)15-7(14-3)18-8(19)17(2-13-18)16-24(20)21/h1-2,5-6H. The van der Waals surface area contributed by atoms with Crippen molar-refractivity contribution in [2.24, 2.45) is 4.47 Å². The highest BCUT2D eigenvalue weighted by Gasteiger charge is 2.17. The second-order valence-electron chi connectivity index (χ2n) is 3.57. The van der Waals surface area contributed by atoms with E-state index in [2.05, 4.69) is 29.0 Å². The highest BCUT2D eigenvalue weighted by atomic mass is 32.2. The lowest BCUT2D eigenvalue weighted by Crippen LogP contribution is -2.23. The molecule has 0 saturated carbocycles. The molecule has 0 aromatic carbocycles. The van der Waals surface area contributed by atoms with Crippen LogP contribution in [0.25, 0.3) is 5.95 Å². The maximum absolute atomic E-state index is 12.2. The fraction of sp³-hybridized carbons (Fsp3) is 0.250. The lowest BCUT2D eigenvalue weighted by atomic mass is 10.6. The van der Waals surface area contributed by atoms with Crippen LogP contribution in [0.5, 0.6) is 11.8 Å². The molecule has 0 radical (unpaired) electrons. The predicted molar refractivity (Wildman–Crippen MR) is 63.4 cm³/mol. The van der Waals surface area contributed by atoms with Crippen molar-refractivity contribution in [3.8, 4) is 17.7 Å². The molecule has 11 nitrogen and oxygen atoms in total. The summed E-state index contributed by atoms with van der Waals surface area (Å²) in [6.07, 6.45) is 0.635. The molecule has 0 fully saturated rings. The SMILES string of the molecule is O=c1n(N=S(=O)=O)cnn1-c1nc(OC(F)F)cc(OC(F)F)n1. The summed E-state index contributed by atoms with van der Waals surface area (Å²) in [5.74, 6) is -2.58. The van der Waals surface area contributed by atoms with Gasteiger partial charge >= 0.3 is 29.4 Å². The minimum absolute atomic E-state index is 0.251. The van der Waals surface area contributed by atoms with Gasteiger partial charge < -0.3 is 9.47 Å². The second-order valence-corrected chi connectivity index (χ2v) is 4.17. The fourth-order valence-electron chi connectivity index (χ4n) is 1.35. The number of nitrogens with zero attached hydrogens (tertiary/aromatic N) is 6. The van der Waals surface area contributed by atoms with E-state index in [0.29, 0.717) is 17.1 Å². The van der Waals surface area contributed by atoms with Gasteiger partial charge in [0.15, 0.2) is 0 Å². The zero-order chi connectivity index (χ0) is 17.9. The summed E-state index contributed by atoms with van der Waals surface area (Å²) < 4.78 is 81.0. The van der Waals surface area contributed by atoms with Gasteiger partial charge in [-0.3, -0.25) is 0 Å². The van der Waals surface area contributed by atoms with Crippen molar-refractivity contribution in [2.75, 3.05) is 0 Å². The third-order valence-corrected chi connectivity index (χ3v) is 2.39. The fourth-order valence-corrected chi connectivity index (χ4v) is 1.61. The van der Waals surface area contributed by atoms with Crippen molar-refractivity contribution >= 4 is 10.5 Å². The number of alkyl halides is 4. The van der Waals surface area contributed by atoms with Crippen LogP contribution in [0.15, 0.2) is 21.7 Å². The van der Waals surface area contributed by atoms with Gasteiger partial charge in [0, 0.05) is 0 Å². The molecule has 0 atom stereocenters. The summed E-state index contributed by atoms with van der Waals surface area (Å²) in [7, 11) is -3.00. The van der Waals surface area contributed by atoms with Gasteiger partial charge in [0.2, 0.25) is 11.8 Å². The molecule has 0 amide bonds. The molecule has 0 unspecified atom stereocenters. The van der Waals surface area contributed by atoms with Gasteiger partial charge in [0.05, 0.1) is 6.07 Å². The lowest BCUT2D eigenvalue weighted by molar-refractivity contribution is -0.0581. The first-order chi connectivity index (χ1) is 11.3. The number of rotatable bonds is 6. The summed E-state index contributed by atoms with van der Waals surface area (Å²) in [4.78, 5) is 18.5. The van der Waals surface area contributed by atoms with Crippen molar-refractivity contribution in [1.29, 1.82) is 0 Å². The van der Waals surface area contributed by atoms with E-state index >= 15 is 0 Å². The Balaban J connectivity index is 2.54. The molecule has 2 aromatic rings. The van der Waals surface area contributed by atoms with E-state index in [9.17, 15) is 30.8 Å². The third kappa shape index (κ3) is 4.24. The predicted octanol–water partition coefficient (Wildman–Crippen LogP) is -0.147. The minimum atomic E-state index is -3.35. The minimum Gasteiger partial charge on any atom is -0.417 e. The molecular formula is C8H4F4N6O5S. The molecule has 0 aliphatic heterocycles. The largest absolute Gasteiger partial charge is 0.417 e. The van der Waals surface area contributed by atoms with Crippen LogP contribution in [-0.4, -0.2) is 46.1 Å². The van der Waals surface area contributed by atoms with Crippen molar-refractivity contribution in [3.05, 3.63) is 22.9 Å². The molecule has 2 heterocycles. The lowest BCUT2D eigenvalue weighted by Gasteiger charge is -2.08. The molecule has 0 bridgehead atoms. The van der Waals surface area contributed by atoms with Crippen LogP contribution in [0.3, 0.4) is 0 Å². The molecule has 16 heteroatoms. The Labute approximate surface area is 129 Å². The van der Waals surface area contributed by atoms with E-state index < -0.39 is 47.1 Å². The highest BCUT2D eigenvalue weighted by Crippen LogP contribution is 2.20. The van der Waals surface area contributed by atoms with Gasteiger partial charge in [-0.25, -0.2) is 4.79 Å². The van der Waals surface area contributed by atoms with Crippen LogP contribution in [0.2, 0.25) is 0 Å². The molecule has 2 aromatic heterocycles. The summed E-state index contributed by atoms with van der Waals surface area (Å²) in [6, 6.07) is 0.529. The average Bonchev–Trinajstić information content (AvgIpc) is 2.77. The van der Waals surface area contributed by atoms with E-state index in [1.165, 1.54) is 0 Å². The van der Waals surface area contributed by atoms with Crippen LogP contribution in [0.4, 0.5) is 17.6 Å². The molecule has 0 spiro atoms. The Bertz CT molecular complexity index is 889. The smallest absolute Gasteiger partial charge is 0.388 e. The van der Waals surface area contributed by atoms with Crippen LogP contribution in [0, 0.1) is 0 Å². The highest BCUT2D eigenvalue weighted by molar-refractivity contribution is 7.61. The number of hydrogen-bond donors (Lipinski definition) is 0. The van der Waals surface area contributed by atoms with E-state index in [-0.39, 0.29) is 4.68 Å². The molecule has 0 aliphatic rings. The van der Waals surface area contributed by atoms with Crippen molar-refractivity contribution in [3.63, 3.8) is 0 Å². The summed E-state index contributed by atoms with van der Waals surface area (Å²) in [5.41, 5.74) is -1.23. The van der Waals surface area contributed by atoms with Gasteiger partial charge in [0.25, 0.3) is 5.95 Å². The van der Waals surface area contributed by atoms with E-state index in [0.717, 1.165) is 0 Å². The van der Waals surface area contributed by atoms with Crippen LogP contribution in [-0.2, 0) is 10.5 Å². The van der Waals surface area contributed by atoms with Gasteiger partial charge in [-0.15, -0.1) is 9.78 Å². The topological polar surface area (TPSA) is 131 Å². The second kappa shape index (κ2) is 7.02. The van der Waals surface area contributed by atoms with E-state index in [1.54, 1.807) is 0 Å². The first kappa shape index (κ1) is 17.3. The average molecular weight is 372 g/mol. The van der Waals surface area contributed by atoms with Crippen LogP contribution < -0.4 is 15.2 Å². The maximum atomic E-state index is 12.2. The first-order valence-electron chi connectivity index (χ1n) is 5.53. The third-order valence-electron chi connectivity index (χ3n) is 2.08. The van der Waals surface area contributed by atoms with Crippen LogP contribution in [0.1, 0.15) is 0 Å². The molecule has 0 aliphatic carbocycles. The maximum Gasteiger partial charge on any atom is 0.388 e. The Morgan fingerprint density at radius 2 is 1.62 bits per heavy atom. The Kier molecular flexibility index (Phi) is 5.07. The normalized spacial score (nSPS) is 10.9. The molecule has 2 rings (SSSR count). The molecule has 130 valence electrons. The summed E-state index contributed by atoms with van der Waals surface area (Å²) in [5, 5.41) is 3.37. The van der Waals surface area contributed by atoms with Gasteiger partial charge in [-0.05, 0) is 4.47 Å².